The molecule has 0 spiro atoms. The van der Waals surface area contributed by atoms with Gasteiger partial charge in [-0.05, 0) is 25.0 Å². The van der Waals surface area contributed by atoms with Crippen molar-refractivity contribution in [2.75, 3.05) is 13.2 Å². The summed E-state index contributed by atoms with van der Waals surface area (Å²) in [6.07, 6.45) is 1.28. The number of unbranched alkanes of at least 4 members (excludes halogenated alkanes) is 1. The molecule has 4 nitrogen and oxygen atoms in total. The van der Waals surface area contributed by atoms with Crippen LogP contribution >= 0.6 is 0 Å². The van der Waals surface area contributed by atoms with Crippen molar-refractivity contribution in [3.63, 3.8) is 0 Å². The molecular formula is C19H20O4. The lowest BCUT2D eigenvalue weighted by Gasteiger charge is -2.06. The van der Waals surface area contributed by atoms with E-state index in [4.69, 9.17) is 9.47 Å². The van der Waals surface area contributed by atoms with Gasteiger partial charge in [0.1, 0.15) is 12.2 Å². The van der Waals surface area contributed by atoms with Crippen molar-refractivity contribution in [3.05, 3.63) is 66.2 Å². The summed E-state index contributed by atoms with van der Waals surface area (Å²) < 4.78 is 10.6. The lowest BCUT2D eigenvalue weighted by Crippen LogP contribution is -2.12. The molecule has 0 unspecified atom stereocenters. The van der Waals surface area contributed by atoms with Gasteiger partial charge in [-0.2, -0.15) is 0 Å². The lowest BCUT2D eigenvalue weighted by atomic mass is 10.1. The van der Waals surface area contributed by atoms with Gasteiger partial charge in [-0.1, -0.05) is 48.5 Å². The van der Waals surface area contributed by atoms with Gasteiger partial charge in [-0.25, -0.2) is 0 Å². The van der Waals surface area contributed by atoms with Gasteiger partial charge >= 0.3 is 5.97 Å². The van der Waals surface area contributed by atoms with Crippen LogP contribution in [0, 0.1) is 0 Å². The third-order valence-corrected chi connectivity index (χ3v) is 3.21. The second kappa shape index (κ2) is 9.41. The van der Waals surface area contributed by atoms with E-state index in [-0.39, 0.29) is 12.2 Å². The number of benzene rings is 2. The van der Waals surface area contributed by atoms with Gasteiger partial charge in [0.25, 0.3) is 0 Å². The maximum atomic E-state index is 11.8. The Morgan fingerprint density at radius 1 is 0.783 bits per heavy atom. The molecule has 0 aromatic heterocycles. The van der Waals surface area contributed by atoms with Crippen LogP contribution in [0.15, 0.2) is 60.7 Å². The Hall–Kier alpha value is -2.62. The molecule has 0 aliphatic heterocycles. The number of ketones is 1. The molecule has 4 heteroatoms. The van der Waals surface area contributed by atoms with Crippen molar-refractivity contribution in [1.29, 1.82) is 0 Å². The van der Waals surface area contributed by atoms with Gasteiger partial charge in [0.05, 0.1) is 13.2 Å². The van der Waals surface area contributed by atoms with Crippen LogP contribution in [0.25, 0.3) is 0 Å². The van der Waals surface area contributed by atoms with E-state index in [0.717, 1.165) is 12.2 Å². The summed E-state index contributed by atoms with van der Waals surface area (Å²) in [5.41, 5.74) is 0.528. The van der Waals surface area contributed by atoms with Crippen molar-refractivity contribution in [3.8, 4) is 5.75 Å². The highest BCUT2D eigenvalue weighted by Gasteiger charge is 2.12. The highest BCUT2D eigenvalue weighted by Crippen LogP contribution is 2.09. The molecule has 0 saturated carbocycles. The lowest BCUT2D eigenvalue weighted by molar-refractivity contribution is -0.142. The minimum Gasteiger partial charge on any atom is -0.494 e. The summed E-state index contributed by atoms with van der Waals surface area (Å²) >= 11 is 0. The first-order valence-electron chi connectivity index (χ1n) is 7.67. The second-order valence-electron chi connectivity index (χ2n) is 5.06. The number of esters is 1. The predicted octanol–water partition coefficient (Wildman–Crippen LogP) is 3.66. The van der Waals surface area contributed by atoms with Crippen molar-refractivity contribution in [1.82, 2.24) is 0 Å². The minimum atomic E-state index is -0.483. The summed E-state index contributed by atoms with van der Waals surface area (Å²) in [4.78, 5) is 23.4. The minimum absolute atomic E-state index is 0.218. The fraction of sp³-hybridized carbons (Fsp3) is 0.263. The standard InChI is InChI=1S/C19H20O4/c20-18(16-9-3-1-4-10-16)15-19(21)23-14-8-7-13-22-17-11-5-2-6-12-17/h1-6,9-12H,7-8,13-15H2. The fourth-order valence-corrected chi connectivity index (χ4v) is 2.01. The normalized spacial score (nSPS) is 10.1. The largest absolute Gasteiger partial charge is 0.494 e. The van der Waals surface area contributed by atoms with Crippen LogP contribution in [0.5, 0.6) is 5.75 Å². The molecule has 0 bridgehead atoms. The molecule has 2 aromatic rings. The van der Waals surface area contributed by atoms with E-state index in [1.807, 2.05) is 36.4 Å². The molecule has 0 aliphatic rings. The Morgan fingerprint density at radius 3 is 2.09 bits per heavy atom. The zero-order valence-corrected chi connectivity index (χ0v) is 12.9. The molecular weight excluding hydrogens is 292 g/mol. The first-order chi connectivity index (χ1) is 11.3. The smallest absolute Gasteiger partial charge is 0.313 e. The highest BCUT2D eigenvalue weighted by atomic mass is 16.5. The summed E-state index contributed by atoms with van der Waals surface area (Å²) in [6, 6.07) is 18.3. The summed E-state index contributed by atoms with van der Waals surface area (Å²) in [7, 11) is 0. The topological polar surface area (TPSA) is 52.6 Å². The van der Waals surface area contributed by atoms with Crippen molar-refractivity contribution in [2.45, 2.75) is 19.3 Å². The Morgan fingerprint density at radius 2 is 1.39 bits per heavy atom. The van der Waals surface area contributed by atoms with E-state index >= 15 is 0 Å². The van der Waals surface area contributed by atoms with E-state index in [0.29, 0.717) is 25.2 Å². The van der Waals surface area contributed by atoms with Crippen LogP contribution in [0.2, 0.25) is 0 Å². The number of ether oxygens (including phenoxy) is 2. The van der Waals surface area contributed by atoms with Crippen LogP contribution in [-0.4, -0.2) is 25.0 Å². The van der Waals surface area contributed by atoms with Gasteiger partial charge in [0, 0.05) is 5.56 Å². The van der Waals surface area contributed by atoms with Crippen LogP contribution in [0.1, 0.15) is 29.6 Å². The quantitative estimate of drug-likeness (QED) is 0.307. The SMILES string of the molecule is O=C(CC(=O)c1ccccc1)OCCCCOc1ccccc1. The number of Topliss-reactive ketones (excluding diaryl/α,β-unsaturated/α-hetero) is 1. The molecule has 0 heterocycles. The third kappa shape index (κ3) is 6.34. The molecule has 2 rings (SSSR count). The monoisotopic (exact) mass is 312 g/mol. The predicted molar refractivity (Wildman–Crippen MR) is 87.5 cm³/mol. The van der Waals surface area contributed by atoms with Gasteiger partial charge in [-0.3, -0.25) is 9.59 Å². The summed E-state index contributed by atoms with van der Waals surface area (Å²) in [5, 5.41) is 0. The van der Waals surface area contributed by atoms with Crippen LogP contribution in [0.4, 0.5) is 0 Å². The first-order valence-corrected chi connectivity index (χ1v) is 7.67. The Labute approximate surface area is 136 Å². The Bertz CT molecular complexity index is 608. The van der Waals surface area contributed by atoms with Crippen molar-refractivity contribution < 1.29 is 19.1 Å². The fourth-order valence-electron chi connectivity index (χ4n) is 2.01. The Kier molecular flexibility index (Phi) is 6.85. The average molecular weight is 312 g/mol. The summed E-state index contributed by atoms with van der Waals surface area (Å²) in [6.45, 7) is 0.879. The molecule has 0 N–H and O–H groups in total. The first kappa shape index (κ1) is 16.7. The maximum Gasteiger partial charge on any atom is 0.313 e. The van der Waals surface area contributed by atoms with Crippen LogP contribution in [-0.2, 0) is 9.53 Å². The molecule has 23 heavy (non-hydrogen) atoms. The number of carbonyl (C=O) groups is 2. The molecule has 0 radical (unpaired) electrons. The number of hydrogen-bond donors (Lipinski definition) is 0. The van der Waals surface area contributed by atoms with Crippen molar-refractivity contribution in [2.24, 2.45) is 0 Å². The zero-order chi connectivity index (χ0) is 16.3. The van der Waals surface area contributed by atoms with E-state index in [1.165, 1.54) is 0 Å². The van der Waals surface area contributed by atoms with Crippen LogP contribution in [0.3, 0.4) is 0 Å². The molecule has 0 saturated heterocycles. The number of rotatable bonds is 9. The molecule has 0 aliphatic carbocycles. The summed E-state index contributed by atoms with van der Waals surface area (Å²) in [5.74, 6) is 0.129. The van der Waals surface area contributed by atoms with E-state index in [9.17, 15) is 9.59 Å². The molecule has 0 fully saturated rings. The van der Waals surface area contributed by atoms with Crippen LogP contribution < -0.4 is 4.74 Å². The molecule has 120 valence electrons. The maximum absolute atomic E-state index is 11.8. The van der Waals surface area contributed by atoms with Gasteiger partial charge in [0.15, 0.2) is 5.78 Å². The Balaban J connectivity index is 1.56. The molecule has 0 amide bonds. The zero-order valence-electron chi connectivity index (χ0n) is 12.9. The van der Waals surface area contributed by atoms with E-state index < -0.39 is 5.97 Å². The number of carbonyl (C=O) groups excluding carboxylic acids is 2. The van der Waals surface area contributed by atoms with E-state index in [1.54, 1.807) is 24.3 Å². The highest BCUT2D eigenvalue weighted by molar-refractivity contribution is 6.05. The van der Waals surface area contributed by atoms with Gasteiger partial charge in [-0.15, -0.1) is 0 Å². The van der Waals surface area contributed by atoms with E-state index in [2.05, 4.69) is 0 Å². The van der Waals surface area contributed by atoms with Gasteiger partial charge < -0.3 is 9.47 Å². The van der Waals surface area contributed by atoms with Crippen molar-refractivity contribution >= 4 is 11.8 Å². The average Bonchev–Trinajstić information content (AvgIpc) is 2.59. The number of hydrogen-bond acceptors (Lipinski definition) is 4. The third-order valence-electron chi connectivity index (χ3n) is 3.21. The molecule has 0 atom stereocenters. The van der Waals surface area contributed by atoms with Gasteiger partial charge in [0.2, 0.25) is 0 Å². The number of para-hydroxylation sites is 1. The second-order valence-corrected chi connectivity index (χ2v) is 5.06. The molecule has 2 aromatic carbocycles.